The van der Waals surface area contributed by atoms with E-state index in [9.17, 15) is 4.79 Å². The number of amides is 1. The number of pyridine rings is 1. The second-order valence-corrected chi connectivity index (χ2v) is 7.31. The van der Waals surface area contributed by atoms with Gasteiger partial charge >= 0.3 is 6.09 Å². The summed E-state index contributed by atoms with van der Waals surface area (Å²) in [7, 11) is 0. The highest BCUT2D eigenvalue weighted by atomic mass is 35.5. The molecule has 2 rings (SSSR count). The summed E-state index contributed by atoms with van der Waals surface area (Å²) in [6.45, 7) is 7.08. The van der Waals surface area contributed by atoms with E-state index in [4.69, 9.17) is 26.8 Å². The van der Waals surface area contributed by atoms with Crippen LogP contribution in [-0.4, -0.2) is 16.7 Å². The van der Waals surface area contributed by atoms with Gasteiger partial charge in [0.25, 0.3) is 0 Å². The smallest absolute Gasteiger partial charge is 0.408 e. The maximum absolute atomic E-state index is 15.1. The number of rotatable bonds is 5. The quantitative estimate of drug-likeness (QED) is 0.724. The summed E-state index contributed by atoms with van der Waals surface area (Å²) in [6, 6.07) is 5.41. The fraction of sp³-hybridized carbons (Fsp3) is 0.368. The van der Waals surface area contributed by atoms with Gasteiger partial charge in [-0.05, 0) is 39.3 Å². The van der Waals surface area contributed by atoms with Crippen LogP contribution in [0.15, 0.2) is 30.5 Å². The van der Waals surface area contributed by atoms with Crippen molar-refractivity contribution in [3.8, 4) is 11.5 Å². The molecule has 27 heavy (non-hydrogen) atoms. The van der Waals surface area contributed by atoms with Crippen LogP contribution >= 0.6 is 11.6 Å². The highest BCUT2D eigenvalue weighted by Crippen LogP contribution is 2.36. The molecule has 0 bridgehead atoms. The largest absolute Gasteiger partial charge is 0.452 e. The summed E-state index contributed by atoms with van der Waals surface area (Å²) >= 11 is 6.11. The highest BCUT2D eigenvalue weighted by molar-refractivity contribution is 6.32. The van der Waals surface area contributed by atoms with Crippen molar-refractivity contribution >= 4 is 23.5 Å². The molecule has 2 aromatic rings. The van der Waals surface area contributed by atoms with Gasteiger partial charge in [-0.2, -0.15) is 0 Å². The maximum atomic E-state index is 15.1. The molecule has 1 aromatic heterocycles. The molecule has 0 saturated carbocycles. The first-order valence-corrected chi connectivity index (χ1v) is 8.85. The molecule has 0 fully saturated rings. The minimum absolute atomic E-state index is 0.0961. The Labute approximate surface area is 162 Å². The molecule has 146 valence electrons. The Morgan fingerprint density at radius 1 is 1.37 bits per heavy atom. The number of nitrogens with one attached hydrogen (secondary N) is 1. The first-order valence-electron chi connectivity index (χ1n) is 8.47. The van der Waals surface area contributed by atoms with Gasteiger partial charge in [0, 0.05) is 17.8 Å². The Hall–Kier alpha value is -2.54. The maximum Gasteiger partial charge on any atom is 0.408 e. The molecule has 0 aliphatic heterocycles. The van der Waals surface area contributed by atoms with E-state index in [1.165, 1.54) is 30.5 Å². The Morgan fingerprint density at radius 2 is 2.07 bits per heavy atom. The third-order valence-corrected chi connectivity index (χ3v) is 3.82. The van der Waals surface area contributed by atoms with E-state index < -0.39 is 23.6 Å². The molecule has 0 saturated heterocycles. The number of hydrogen-bond donors (Lipinski definition) is 2. The Kier molecular flexibility index (Phi) is 6.49. The average molecular weight is 396 g/mol. The van der Waals surface area contributed by atoms with Gasteiger partial charge in [-0.25, -0.2) is 14.2 Å². The summed E-state index contributed by atoms with van der Waals surface area (Å²) < 4.78 is 25.9. The molecule has 0 spiro atoms. The lowest BCUT2D eigenvalue weighted by Gasteiger charge is -2.24. The van der Waals surface area contributed by atoms with Crippen molar-refractivity contribution in [2.45, 2.75) is 45.8 Å². The number of aromatic nitrogens is 1. The first-order chi connectivity index (χ1) is 12.6. The predicted molar refractivity (Wildman–Crippen MR) is 103 cm³/mol. The standard InChI is InChI=1S/C19H23ClFN3O3/c1-5-14(24-18(25)27-19(2,3)4)12-6-7-13(20)17(16(12)21)26-11-8-9-23-15(22)10-11/h6-10,14H,5H2,1-4H3,(H2,22,23)(H,24,25)/t14-/m1/s1. The van der Waals surface area contributed by atoms with Crippen LogP contribution in [0.25, 0.3) is 0 Å². The lowest BCUT2D eigenvalue weighted by atomic mass is 10.0. The third-order valence-electron chi connectivity index (χ3n) is 3.53. The van der Waals surface area contributed by atoms with E-state index in [0.717, 1.165) is 0 Å². The minimum atomic E-state index is -0.666. The van der Waals surface area contributed by atoms with Crippen LogP contribution < -0.4 is 15.8 Å². The molecule has 0 aliphatic carbocycles. The number of nitrogen functional groups attached to an aromatic ring is 1. The molecule has 8 heteroatoms. The Morgan fingerprint density at radius 3 is 2.67 bits per heavy atom. The first kappa shape index (κ1) is 20.8. The highest BCUT2D eigenvalue weighted by Gasteiger charge is 2.24. The van der Waals surface area contributed by atoms with E-state index in [2.05, 4.69) is 10.3 Å². The fourth-order valence-corrected chi connectivity index (χ4v) is 2.55. The Bertz CT molecular complexity index is 824. The summed E-state index contributed by atoms with van der Waals surface area (Å²) in [4.78, 5) is 15.9. The molecular formula is C19H23ClFN3O3. The fourth-order valence-electron chi connectivity index (χ4n) is 2.37. The van der Waals surface area contributed by atoms with Crippen molar-refractivity contribution in [3.63, 3.8) is 0 Å². The van der Waals surface area contributed by atoms with E-state index in [1.54, 1.807) is 20.8 Å². The van der Waals surface area contributed by atoms with Crippen molar-refractivity contribution in [2.75, 3.05) is 5.73 Å². The molecule has 1 amide bonds. The van der Waals surface area contributed by atoms with Gasteiger partial charge in [-0.15, -0.1) is 0 Å². The lowest BCUT2D eigenvalue weighted by Crippen LogP contribution is -2.35. The van der Waals surface area contributed by atoms with Gasteiger partial charge in [0.05, 0.1) is 11.1 Å². The summed E-state index contributed by atoms with van der Waals surface area (Å²) in [5.41, 5.74) is 5.20. The zero-order valence-corrected chi connectivity index (χ0v) is 16.4. The number of nitrogens with two attached hydrogens (primary N) is 1. The van der Waals surface area contributed by atoms with Crippen molar-refractivity contribution < 1.29 is 18.7 Å². The minimum Gasteiger partial charge on any atom is -0.452 e. The van der Waals surface area contributed by atoms with Gasteiger partial charge in [-0.1, -0.05) is 24.6 Å². The van der Waals surface area contributed by atoms with Gasteiger partial charge in [0.15, 0.2) is 11.6 Å². The summed E-state index contributed by atoms with van der Waals surface area (Å²) in [6.07, 6.45) is 1.26. The molecule has 1 atom stereocenters. The summed E-state index contributed by atoms with van der Waals surface area (Å²) in [5.74, 6) is -0.281. The van der Waals surface area contributed by atoms with E-state index in [0.29, 0.717) is 12.2 Å². The van der Waals surface area contributed by atoms with Crippen molar-refractivity contribution in [2.24, 2.45) is 0 Å². The number of halogens is 2. The van der Waals surface area contributed by atoms with Crippen LogP contribution in [-0.2, 0) is 4.74 Å². The van der Waals surface area contributed by atoms with Crippen LogP contribution in [0.2, 0.25) is 5.02 Å². The average Bonchev–Trinajstić information content (AvgIpc) is 2.55. The SMILES string of the molecule is CC[C@@H](NC(=O)OC(C)(C)C)c1ccc(Cl)c(Oc2ccnc(N)c2)c1F. The van der Waals surface area contributed by atoms with Crippen molar-refractivity contribution in [3.05, 3.63) is 46.9 Å². The van der Waals surface area contributed by atoms with E-state index >= 15 is 4.39 Å². The van der Waals surface area contributed by atoms with Gasteiger partial charge in [-0.3, -0.25) is 0 Å². The molecule has 1 heterocycles. The van der Waals surface area contributed by atoms with Crippen LogP contribution in [0.3, 0.4) is 0 Å². The second-order valence-electron chi connectivity index (χ2n) is 6.91. The number of carbonyl (C=O) groups is 1. The molecule has 3 N–H and O–H groups in total. The molecule has 0 unspecified atom stereocenters. The number of nitrogens with zero attached hydrogens (tertiary/aromatic N) is 1. The van der Waals surface area contributed by atoms with Gasteiger partial charge in [0.2, 0.25) is 0 Å². The number of hydrogen-bond acceptors (Lipinski definition) is 5. The Balaban J connectivity index is 2.30. The van der Waals surface area contributed by atoms with Crippen LogP contribution in [0.5, 0.6) is 11.5 Å². The lowest BCUT2D eigenvalue weighted by molar-refractivity contribution is 0.0501. The molecule has 0 aliphatic rings. The van der Waals surface area contributed by atoms with Crippen molar-refractivity contribution in [1.29, 1.82) is 0 Å². The number of benzene rings is 1. The van der Waals surface area contributed by atoms with Gasteiger partial charge < -0.3 is 20.5 Å². The predicted octanol–water partition coefficient (Wildman–Crippen LogP) is 5.22. The van der Waals surface area contributed by atoms with E-state index in [1.807, 2.05) is 6.92 Å². The molecule has 1 aromatic carbocycles. The van der Waals surface area contributed by atoms with Gasteiger partial charge in [0.1, 0.15) is 17.2 Å². The topological polar surface area (TPSA) is 86.5 Å². The number of carbonyl (C=O) groups excluding carboxylic acids is 1. The van der Waals surface area contributed by atoms with E-state index in [-0.39, 0.29) is 22.2 Å². The number of alkyl carbamates (subject to hydrolysis) is 1. The molecular weight excluding hydrogens is 373 g/mol. The van der Waals surface area contributed by atoms with Crippen LogP contribution in [0.4, 0.5) is 15.0 Å². The number of ether oxygens (including phenoxy) is 2. The molecule has 6 nitrogen and oxygen atoms in total. The molecule has 0 radical (unpaired) electrons. The third kappa shape index (κ3) is 5.72. The second kappa shape index (κ2) is 8.43. The van der Waals surface area contributed by atoms with Crippen LogP contribution in [0.1, 0.15) is 45.7 Å². The van der Waals surface area contributed by atoms with Crippen molar-refractivity contribution in [1.82, 2.24) is 10.3 Å². The normalized spacial score (nSPS) is 12.4. The monoisotopic (exact) mass is 395 g/mol. The summed E-state index contributed by atoms with van der Waals surface area (Å²) in [5, 5.41) is 2.77. The van der Waals surface area contributed by atoms with Crippen LogP contribution in [0, 0.1) is 5.82 Å². The zero-order valence-electron chi connectivity index (χ0n) is 15.7. The zero-order chi connectivity index (χ0) is 20.2. The number of anilines is 1.